The molecule has 14 heavy (non-hydrogen) atoms. The molecule has 0 aromatic heterocycles. The van der Waals surface area contributed by atoms with Crippen LogP contribution in [0.3, 0.4) is 0 Å². The Bertz CT molecular complexity index is 171. The van der Waals surface area contributed by atoms with Crippen LogP contribution in [0.2, 0.25) is 0 Å². The Kier molecular flexibility index (Phi) is 4.35. The predicted molar refractivity (Wildman–Crippen MR) is 57.3 cm³/mol. The van der Waals surface area contributed by atoms with E-state index in [2.05, 4.69) is 19.2 Å². The molecule has 3 heteroatoms. The van der Waals surface area contributed by atoms with E-state index in [0.717, 1.165) is 0 Å². The number of aliphatic hydroxyl groups excluding tert-OH is 1. The number of hydrogen-bond donors (Lipinski definition) is 2. The molecule has 1 unspecified atom stereocenters. The average Bonchev–Trinajstić information content (AvgIpc) is 2.42. The molecule has 0 aromatic rings. The molecule has 1 aliphatic rings. The summed E-state index contributed by atoms with van der Waals surface area (Å²) < 4.78 is 4.88. The Morgan fingerprint density at radius 2 is 2.29 bits per heavy atom. The zero-order valence-corrected chi connectivity index (χ0v) is 9.55. The van der Waals surface area contributed by atoms with Crippen LogP contribution in [0.25, 0.3) is 0 Å². The minimum absolute atomic E-state index is 0.378. The van der Waals surface area contributed by atoms with Crippen molar-refractivity contribution in [3.05, 3.63) is 0 Å². The van der Waals surface area contributed by atoms with Crippen molar-refractivity contribution < 1.29 is 9.84 Å². The van der Waals surface area contributed by atoms with Gasteiger partial charge in [0.25, 0.3) is 0 Å². The van der Waals surface area contributed by atoms with Crippen LogP contribution in [0.5, 0.6) is 0 Å². The molecule has 0 bridgehead atoms. The maximum atomic E-state index is 9.49. The van der Waals surface area contributed by atoms with E-state index in [9.17, 15) is 5.11 Å². The molecule has 0 radical (unpaired) electrons. The summed E-state index contributed by atoms with van der Waals surface area (Å²) in [6.07, 6.45) is 3.43. The first-order valence-corrected chi connectivity index (χ1v) is 5.46. The molecule has 2 atom stereocenters. The third-order valence-corrected chi connectivity index (χ3v) is 3.22. The van der Waals surface area contributed by atoms with Crippen molar-refractivity contribution >= 4 is 0 Å². The van der Waals surface area contributed by atoms with Crippen LogP contribution in [0.15, 0.2) is 0 Å². The monoisotopic (exact) mass is 201 g/mol. The summed E-state index contributed by atoms with van der Waals surface area (Å²) in [5, 5.41) is 12.9. The van der Waals surface area contributed by atoms with Crippen molar-refractivity contribution in [3.8, 4) is 0 Å². The Balaban J connectivity index is 2.24. The van der Waals surface area contributed by atoms with Crippen LogP contribution in [-0.2, 0) is 4.74 Å². The number of aliphatic hydroxyl groups is 1. The van der Waals surface area contributed by atoms with E-state index in [-0.39, 0.29) is 6.10 Å². The van der Waals surface area contributed by atoms with Crippen LogP contribution in [0.4, 0.5) is 0 Å². The molecule has 0 aliphatic heterocycles. The van der Waals surface area contributed by atoms with Crippen LogP contribution < -0.4 is 5.32 Å². The number of ether oxygens (including phenoxy) is 1. The van der Waals surface area contributed by atoms with Gasteiger partial charge >= 0.3 is 0 Å². The summed E-state index contributed by atoms with van der Waals surface area (Å²) in [6.45, 7) is 5.64. The fraction of sp³-hybridized carbons (Fsp3) is 1.00. The molecular formula is C11H23NO2. The van der Waals surface area contributed by atoms with Crippen molar-refractivity contribution in [2.75, 3.05) is 20.3 Å². The minimum atomic E-state index is -0.378. The Hall–Kier alpha value is -0.120. The van der Waals surface area contributed by atoms with Gasteiger partial charge in [0.2, 0.25) is 0 Å². The fourth-order valence-electron chi connectivity index (χ4n) is 2.23. The first-order chi connectivity index (χ1) is 6.56. The molecule has 1 aliphatic carbocycles. The van der Waals surface area contributed by atoms with Gasteiger partial charge in [-0.1, -0.05) is 20.3 Å². The van der Waals surface area contributed by atoms with Gasteiger partial charge in [0.15, 0.2) is 0 Å². The first kappa shape index (κ1) is 12.0. The lowest BCUT2D eigenvalue weighted by Gasteiger charge is -2.28. The Labute approximate surface area is 86.8 Å². The summed E-state index contributed by atoms with van der Waals surface area (Å²) in [5.74, 6) is 0. The van der Waals surface area contributed by atoms with Gasteiger partial charge in [-0.05, 0) is 18.3 Å². The third-order valence-electron chi connectivity index (χ3n) is 3.22. The molecule has 0 spiro atoms. The third kappa shape index (κ3) is 3.23. The second-order valence-electron chi connectivity index (χ2n) is 4.95. The lowest BCUT2D eigenvalue weighted by Crippen LogP contribution is -2.42. The molecule has 1 fully saturated rings. The molecular weight excluding hydrogens is 178 g/mol. The van der Waals surface area contributed by atoms with Crippen LogP contribution in [0, 0.1) is 5.41 Å². The van der Waals surface area contributed by atoms with E-state index in [1.807, 2.05) is 0 Å². The quantitative estimate of drug-likeness (QED) is 0.701. The Morgan fingerprint density at radius 1 is 1.57 bits per heavy atom. The molecule has 0 amide bonds. The lowest BCUT2D eigenvalue weighted by molar-refractivity contribution is 0.0600. The minimum Gasteiger partial charge on any atom is -0.389 e. The second kappa shape index (κ2) is 5.10. The van der Waals surface area contributed by atoms with E-state index in [4.69, 9.17) is 4.74 Å². The maximum absolute atomic E-state index is 9.49. The predicted octanol–water partition coefficient (Wildman–Crippen LogP) is 1.16. The van der Waals surface area contributed by atoms with Gasteiger partial charge < -0.3 is 15.2 Å². The number of rotatable bonds is 5. The zero-order valence-electron chi connectivity index (χ0n) is 9.55. The summed E-state index contributed by atoms with van der Waals surface area (Å²) >= 11 is 0. The number of methoxy groups -OCH3 is 1. The largest absolute Gasteiger partial charge is 0.389 e. The Morgan fingerprint density at radius 3 is 2.79 bits per heavy atom. The summed E-state index contributed by atoms with van der Waals surface area (Å²) in [6, 6.07) is 0.550. The smallest absolute Gasteiger partial charge is 0.0897 e. The zero-order chi connectivity index (χ0) is 10.6. The van der Waals surface area contributed by atoms with E-state index >= 15 is 0 Å². The molecule has 0 heterocycles. The topological polar surface area (TPSA) is 41.5 Å². The summed E-state index contributed by atoms with van der Waals surface area (Å²) in [5.41, 5.74) is 0.382. The fourth-order valence-corrected chi connectivity index (χ4v) is 2.23. The first-order valence-electron chi connectivity index (χ1n) is 5.46. The molecule has 3 nitrogen and oxygen atoms in total. The second-order valence-corrected chi connectivity index (χ2v) is 4.95. The highest BCUT2D eigenvalue weighted by molar-refractivity contribution is 4.90. The van der Waals surface area contributed by atoms with Crippen LogP contribution in [0.1, 0.15) is 33.1 Å². The van der Waals surface area contributed by atoms with Crippen molar-refractivity contribution in [2.45, 2.75) is 45.3 Å². The molecule has 1 saturated carbocycles. The highest BCUT2D eigenvalue weighted by atomic mass is 16.5. The van der Waals surface area contributed by atoms with Gasteiger partial charge in [-0.2, -0.15) is 0 Å². The highest BCUT2D eigenvalue weighted by Gasteiger charge is 2.33. The number of hydrogen-bond acceptors (Lipinski definition) is 3. The maximum Gasteiger partial charge on any atom is 0.0897 e. The normalized spacial score (nSPS) is 27.9. The molecule has 0 aromatic carbocycles. The van der Waals surface area contributed by atoms with Crippen molar-refractivity contribution in [1.82, 2.24) is 5.32 Å². The van der Waals surface area contributed by atoms with Gasteiger partial charge in [-0.25, -0.2) is 0 Å². The van der Waals surface area contributed by atoms with Crippen molar-refractivity contribution in [3.63, 3.8) is 0 Å². The molecule has 2 N–H and O–H groups in total. The molecule has 0 saturated heterocycles. The van der Waals surface area contributed by atoms with E-state index in [0.29, 0.717) is 24.6 Å². The van der Waals surface area contributed by atoms with E-state index < -0.39 is 0 Å². The van der Waals surface area contributed by atoms with Crippen LogP contribution in [-0.4, -0.2) is 37.5 Å². The SMILES string of the molecule is COC[C@@H](O)CNC1CCCC1(C)C. The number of nitrogens with one attached hydrogen (secondary N) is 1. The van der Waals surface area contributed by atoms with Gasteiger partial charge in [0.05, 0.1) is 12.7 Å². The molecule has 1 rings (SSSR count). The lowest BCUT2D eigenvalue weighted by atomic mass is 9.87. The van der Waals surface area contributed by atoms with Crippen LogP contribution >= 0.6 is 0 Å². The average molecular weight is 201 g/mol. The molecule has 84 valence electrons. The van der Waals surface area contributed by atoms with E-state index in [1.54, 1.807) is 7.11 Å². The van der Waals surface area contributed by atoms with E-state index in [1.165, 1.54) is 19.3 Å². The summed E-state index contributed by atoms with van der Waals surface area (Å²) in [4.78, 5) is 0. The standard InChI is InChI=1S/C11H23NO2/c1-11(2)6-4-5-10(11)12-7-9(13)8-14-3/h9-10,12-13H,4-8H2,1-3H3/t9-,10?/m0/s1. The van der Waals surface area contributed by atoms with Gasteiger partial charge in [-0.15, -0.1) is 0 Å². The van der Waals surface area contributed by atoms with Crippen molar-refractivity contribution in [2.24, 2.45) is 5.41 Å². The van der Waals surface area contributed by atoms with Gasteiger partial charge in [0, 0.05) is 19.7 Å². The summed E-state index contributed by atoms with van der Waals surface area (Å²) in [7, 11) is 1.61. The highest BCUT2D eigenvalue weighted by Crippen LogP contribution is 2.36. The van der Waals surface area contributed by atoms with Gasteiger partial charge in [-0.3, -0.25) is 0 Å². The van der Waals surface area contributed by atoms with Crippen molar-refractivity contribution in [1.29, 1.82) is 0 Å². The van der Waals surface area contributed by atoms with Gasteiger partial charge in [0.1, 0.15) is 0 Å².